The summed E-state index contributed by atoms with van der Waals surface area (Å²) in [7, 11) is 5.19. The van der Waals surface area contributed by atoms with Crippen molar-refractivity contribution in [3.8, 4) is 11.5 Å². The van der Waals surface area contributed by atoms with Crippen LogP contribution in [0.15, 0.2) is 18.2 Å². The van der Waals surface area contributed by atoms with Crippen LogP contribution in [-0.4, -0.2) is 21.3 Å². The first-order valence-electron chi connectivity index (χ1n) is 5.17. The Labute approximate surface area is 92.4 Å². The fourth-order valence-electron chi connectivity index (χ4n) is 1.19. The van der Waals surface area contributed by atoms with Crippen LogP contribution in [0.1, 0.15) is 19.4 Å². The van der Waals surface area contributed by atoms with Gasteiger partial charge in [0.15, 0.2) is 11.5 Å². The van der Waals surface area contributed by atoms with Gasteiger partial charge in [-0.05, 0) is 24.7 Å². The van der Waals surface area contributed by atoms with Crippen LogP contribution in [0.25, 0.3) is 0 Å². The average Bonchev–Trinajstić information content (AvgIpc) is 2.32. The Hall–Kier alpha value is -1.22. The van der Waals surface area contributed by atoms with E-state index in [1.165, 1.54) is 5.56 Å². The van der Waals surface area contributed by atoms with Crippen molar-refractivity contribution in [1.29, 1.82) is 0 Å². The number of hydrogen-bond donors (Lipinski definition) is 1. The molecule has 0 unspecified atom stereocenters. The van der Waals surface area contributed by atoms with Gasteiger partial charge in [-0.2, -0.15) is 0 Å². The minimum atomic E-state index is 0.766. The maximum atomic E-state index is 5.17. The molecule has 0 saturated carbocycles. The van der Waals surface area contributed by atoms with Gasteiger partial charge >= 0.3 is 0 Å². The van der Waals surface area contributed by atoms with E-state index >= 15 is 0 Å². The SMILES string of the molecule is CC.CNCc1ccc(OC)c(OC)c1. The molecule has 15 heavy (non-hydrogen) atoms. The van der Waals surface area contributed by atoms with E-state index in [0.717, 1.165) is 18.0 Å². The highest BCUT2D eigenvalue weighted by molar-refractivity contribution is 5.42. The lowest BCUT2D eigenvalue weighted by atomic mass is 10.2. The zero-order valence-corrected chi connectivity index (χ0v) is 10.3. The highest BCUT2D eigenvalue weighted by Crippen LogP contribution is 2.27. The topological polar surface area (TPSA) is 30.5 Å². The molecular formula is C12H21NO2. The van der Waals surface area contributed by atoms with Gasteiger partial charge in [0.2, 0.25) is 0 Å². The standard InChI is InChI=1S/C10H15NO2.C2H6/c1-11-7-8-4-5-9(12-2)10(6-8)13-3;1-2/h4-6,11H,7H2,1-3H3;1-2H3. The molecule has 0 aliphatic heterocycles. The van der Waals surface area contributed by atoms with Crippen LogP contribution in [0.4, 0.5) is 0 Å². The second-order valence-electron chi connectivity index (χ2n) is 2.72. The van der Waals surface area contributed by atoms with Gasteiger partial charge < -0.3 is 14.8 Å². The van der Waals surface area contributed by atoms with Crippen LogP contribution in [0, 0.1) is 0 Å². The molecule has 0 radical (unpaired) electrons. The van der Waals surface area contributed by atoms with Crippen molar-refractivity contribution in [3.63, 3.8) is 0 Å². The minimum Gasteiger partial charge on any atom is -0.493 e. The summed E-state index contributed by atoms with van der Waals surface area (Å²) in [4.78, 5) is 0. The molecule has 0 amide bonds. The van der Waals surface area contributed by atoms with Crippen LogP contribution in [0.5, 0.6) is 11.5 Å². The van der Waals surface area contributed by atoms with Crippen molar-refractivity contribution in [2.45, 2.75) is 20.4 Å². The molecule has 0 aliphatic carbocycles. The van der Waals surface area contributed by atoms with Gasteiger partial charge in [-0.15, -0.1) is 0 Å². The summed E-state index contributed by atoms with van der Waals surface area (Å²) in [6.07, 6.45) is 0. The normalized spacial score (nSPS) is 8.87. The van der Waals surface area contributed by atoms with Crippen molar-refractivity contribution in [2.24, 2.45) is 0 Å². The summed E-state index contributed by atoms with van der Waals surface area (Å²) in [5.41, 5.74) is 1.18. The van der Waals surface area contributed by atoms with E-state index < -0.39 is 0 Å². The number of ether oxygens (including phenoxy) is 2. The fraction of sp³-hybridized carbons (Fsp3) is 0.500. The molecule has 0 spiro atoms. The van der Waals surface area contributed by atoms with E-state index in [1.54, 1.807) is 14.2 Å². The predicted molar refractivity (Wildman–Crippen MR) is 63.7 cm³/mol. The average molecular weight is 211 g/mol. The molecule has 0 fully saturated rings. The van der Waals surface area contributed by atoms with Gasteiger partial charge in [0.25, 0.3) is 0 Å². The predicted octanol–water partition coefficient (Wildman–Crippen LogP) is 2.45. The molecule has 1 N–H and O–H groups in total. The molecule has 1 rings (SSSR count). The molecule has 1 aromatic rings. The summed E-state index contributed by atoms with van der Waals surface area (Å²) in [6, 6.07) is 5.89. The van der Waals surface area contributed by atoms with Crippen LogP contribution in [-0.2, 0) is 6.54 Å². The maximum absolute atomic E-state index is 5.17. The van der Waals surface area contributed by atoms with Crippen molar-refractivity contribution in [3.05, 3.63) is 23.8 Å². The lowest BCUT2D eigenvalue weighted by Crippen LogP contribution is -2.05. The molecular weight excluding hydrogens is 190 g/mol. The fourth-order valence-corrected chi connectivity index (χ4v) is 1.19. The number of rotatable bonds is 4. The van der Waals surface area contributed by atoms with Crippen LogP contribution in [0.3, 0.4) is 0 Å². The van der Waals surface area contributed by atoms with Gasteiger partial charge in [0.1, 0.15) is 0 Å². The van der Waals surface area contributed by atoms with E-state index in [9.17, 15) is 0 Å². The number of nitrogens with one attached hydrogen (secondary N) is 1. The monoisotopic (exact) mass is 211 g/mol. The Bertz CT molecular complexity index is 274. The van der Waals surface area contributed by atoms with Gasteiger partial charge in [-0.1, -0.05) is 19.9 Å². The summed E-state index contributed by atoms with van der Waals surface area (Å²) in [5.74, 6) is 1.54. The van der Waals surface area contributed by atoms with E-state index in [0.29, 0.717) is 0 Å². The minimum absolute atomic E-state index is 0.766. The largest absolute Gasteiger partial charge is 0.493 e. The lowest BCUT2D eigenvalue weighted by molar-refractivity contribution is 0.354. The smallest absolute Gasteiger partial charge is 0.161 e. The van der Waals surface area contributed by atoms with Crippen LogP contribution in [0.2, 0.25) is 0 Å². The number of benzene rings is 1. The van der Waals surface area contributed by atoms with Crippen LogP contribution < -0.4 is 14.8 Å². The molecule has 0 bridgehead atoms. The Morgan fingerprint density at radius 1 is 1.07 bits per heavy atom. The third-order valence-electron chi connectivity index (χ3n) is 1.83. The Balaban J connectivity index is 0.000000921. The Kier molecular flexibility index (Phi) is 7.46. The van der Waals surface area contributed by atoms with E-state index in [4.69, 9.17) is 9.47 Å². The first kappa shape index (κ1) is 13.8. The molecule has 86 valence electrons. The molecule has 3 heteroatoms. The molecule has 3 nitrogen and oxygen atoms in total. The zero-order valence-electron chi connectivity index (χ0n) is 10.3. The molecule has 0 saturated heterocycles. The van der Waals surface area contributed by atoms with E-state index in [1.807, 2.05) is 39.1 Å². The Morgan fingerprint density at radius 3 is 2.13 bits per heavy atom. The lowest BCUT2D eigenvalue weighted by Gasteiger charge is -2.08. The number of methoxy groups -OCH3 is 2. The maximum Gasteiger partial charge on any atom is 0.161 e. The van der Waals surface area contributed by atoms with E-state index in [2.05, 4.69) is 5.32 Å². The third kappa shape index (κ3) is 4.21. The Morgan fingerprint density at radius 2 is 1.67 bits per heavy atom. The molecule has 0 atom stereocenters. The highest BCUT2D eigenvalue weighted by Gasteiger charge is 2.02. The van der Waals surface area contributed by atoms with Crippen molar-refractivity contribution >= 4 is 0 Å². The van der Waals surface area contributed by atoms with Gasteiger partial charge in [0.05, 0.1) is 14.2 Å². The summed E-state index contributed by atoms with van der Waals surface area (Å²) in [6.45, 7) is 4.83. The van der Waals surface area contributed by atoms with E-state index in [-0.39, 0.29) is 0 Å². The van der Waals surface area contributed by atoms with Crippen molar-refractivity contribution in [1.82, 2.24) is 5.32 Å². The molecule has 0 aliphatic rings. The molecule has 0 aromatic heterocycles. The quantitative estimate of drug-likeness (QED) is 0.829. The van der Waals surface area contributed by atoms with Gasteiger partial charge in [-0.3, -0.25) is 0 Å². The first-order chi connectivity index (χ1) is 7.31. The molecule has 0 heterocycles. The van der Waals surface area contributed by atoms with Crippen molar-refractivity contribution < 1.29 is 9.47 Å². The number of hydrogen-bond acceptors (Lipinski definition) is 3. The molecule has 1 aromatic carbocycles. The van der Waals surface area contributed by atoms with Crippen molar-refractivity contribution in [2.75, 3.05) is 21.3 Å². The van der Waals surface area contributed by atoms with Gasteiger partial charge in [-0.25, -0.2) is 0 Å². The third-order valence-corrected chi connectivity index (χ3v) is 1.83. The van der Waals surface area contributed by atoms with Gasteiger partial charge in [0, 0.05) is 6.54 Å². The van der Waals surface area contributed by atoms with Crippen LogP contribution >= 0.6 is 0 Å². The highest BCUT2D eigenvalue weighted by atomic mass is 16.5. The second kappa shape index (κ2) is 8.12. The second-order valence-corrected chi connectivity index (χ2v) is 2.72. The zero-order chi connectivity index (χ0) is 11.7. The summed E-state index contributed by atoms with van der Waals surface area (Å²) >= 11 is 0. The first-order valence-corrected chi connectivity index (χ1v) is 5.17. The summed E-state index contributed by atoms with van der Waals surface area (Å²) < 4.78 is 10.3. The summed E-state index contributed by atoms with van der Waals surface area (Å²) in [5, 5.41) is 3.08.